The quantitative estimate of drug-likeness (QED) is 0.542. The Labute approximate surface area is 166 Å². The van der Waals surface area contributed by atoms with Crippen LogP contribution in [0.1, 0.15) is 27.6 Å². The van der Waals surface area contributed by atoms with Crippen LogP contribution in [0.2, 0.25) is 0 Å². The van der Waals surface area contributed by atoms with Gasteiger partial charge in [0.15, 0.2) is 12.2 Å². The van der Waals surface area contributed by atoms with Crippen molar-refractivity contribution in [1.29, 1.82) is 0 Å². The molecule has 1 heterocycles. The number of carbonyl (C=O) groups excluding carboxylic acids is 3. The number of halogens is 1. The largest absolute Gasteiger partial charge is 0.463 e. The van der Waals surface area contributed by atoms with Crippen molar-refractivity contribution in [3.05, 3.63) is 71.8 Å². The van der Waals surface area contributed by atoms with Gasteiger partial charge >= 0.3 is 17.9 Å². The molecule has 0 aliphatic carbocycles. The standard InChI is InChI=1S/C21H19FO7/c1-13(23)26-12-16-17(28-20(24)14-8-4-2-5-9-14)18(19(22)27-16)29-21(25)15-10-6-3-7-11-15/h2-11,16-19H,12H2,1H3/t16-,17-,18-,19-/m1/s1. The normalized spacial score (nSPS) is 23.2. The number of rotatable bonds is 6. The van der Waals surface area contributed by atoms with Gasteiger partial charge in [0, 0.05) is 6.92 Å². The van der Waals surface area contributed by atoms with Gasteiger partial charge in [0.2, 0.25) is 6.36 Å². The Morgan fingerprint density at radius 2 is 1.34 bits per heavy atom. The zero-order valence-corrected chi connectivity index (χ0v) is 15.5. The maximum Gasteiger partial charge on any atom is 0.338 e. The van der Waals surface area contributed by atoms with Crippen molar-refractivity contribution in [2.45, 2.75) is 31.6 Å². The monoisotopic (exact) mass is 402 g/mol. The van der Waals surface area contributed by atoms with Gasteiger partial charge in [-0.2, -0.15) is 0 Å². The van der Waals surface area contributed by atoms with Crippen LogP contribution in [0, 0.1) is 0 Å². The number of hydrogen-bond donors (Lipinski definition) is 0. The van der Waals surface area contributed by atoms with Crippen LogP contribution < -0.4 is 0 Å². The first-order chi connectivity index (χ1) is 14.0. The van der Waals surface area contributed by atoms with Gasteiger partial charge in [-0.25, -0.2) is 14.0 Å². The molecule has 1 fully saturated rings. The van der Waals surface area contributed by atoms with Gasteiger partial charge in [0.1, 0.15) is 12.7 Å². The SMILES string of the molecule is CC(=O)OC[C@H]1O[C@@H](F)[C@H](OC(=O)c2ccccc2)[C@@H]1OC(=O)c1ccccc1. The van der Waals surface area contributed by atoms with E-state index in [0.717, 1.165) is 0 Å². The highest BCUT2D eigenvalue weighted by molar-refractivity contribution is 5.90. The second-order valence-corrected chi connectivity index (χ2v) is 6.30. The van der Waals surface area contributed by atoms with Gasteiger partial charge < -0.3 is 18.9 Å². The van der Waals surface area contributed by atoms with Crippen molar-refractivity contribution in [2.24, 2.45) is 0 Å². The Bertz CT molecular complexity index is 856. The van der Waals surface area contributed by atoms with Crippen molar-refractivity contribution in [2.75, 3.05) is 6.61 Å². The maximum absolute atomic E-state index is 14.5. The lowest BCUT2D eigenvalue weighted by Crippen LogP contribution is -2.41. The molecule has 8 heteroatoms. The van der Waals surface area contributed by atoms with Crippen LogP contribution >= 0.6 is 0 Å². The number of hydrogen-bond acceptors (Lipinski definition) is 7. The second kappa shape index (κ2) is 9.29. The summed E-state index contributed by atoms with van der Waals surface area (Å²) in [4.78, 5) is 35.9. The molecule has 4 atom stereocenters. The Morgan fingerprint density at radius 1 is 0.862 bits per heavy atom. The minimum Gasteiger partial charge on any atom is -0.463 e. The van der Waals surface area contributed by atoms with Gasteiger partial charge in [0.25, 0.3) is 0 Å². The molecular formula is C21H19FO7. The van der Waals surface area contributed by atoms with Crippen LogP contribution in [-0.4, -0.2) is 49.2 Å². The molecular weight excluding hydrogens is 383 g/mol. The minimum absolute atomic E-state index is 0.205. The highest BCUT2D eigenvalue weighted by Gasteiger charge is 2.50. The number of benzene rings is 2. The first kappa shape index (κ1) is 20.5. The Kier molecular flexibility index (Phi) is 6.56. The van der Waals surface area contributed by atoms with E-state index in [2.05, 4.69) is 0 Å². The Balaban J connectivity index is 1.78. The summed E-state index contributed by atoms with van der Waals surface area (Å²) in [6, 6.07) is 16.0. The van der Waals surface area contributed by atoms with Gasteiger partial charge in [-0.05, 0) is 24.3 Å². The molecule has 2 aromatic rings. The third-order valence-electron chi connectivity index (χ3n) is 4.21. The highest BCUT2D eigenvalue weighted by Crippen LogP contribution is 2.29. The predicted molar refractivity (Wildman–Crippen MR) is 97.7 cm³/mol. The van der Waals surface area contributed by atoms with E-state index >= 15 is 0 Å². The molecule has 1 saturated heterocycles. The van der Waals surface area contributed by atoms with Crippen LogP contribution in [0.15, 0.2) is 60.7 Å². The van der Waals surface area contributed by atoms with Crippen LogP contribution in [0.5, 0.6) is 0 Å². The summed E-state index contributed by atoms with van der Waals surface area (Å²) in [5, 5.41) is 0. The van der Waals surface area contributed by atoms with Gasteiger partial charge in [0.05, 0.1) is 11.1 Å². The third kappa shape index (κ3) is 5.17. The molecule has 152 valence electrons. The van der Waals surface area contributed by atoms with Crippen molar-refractivity contribution in [1.82, 2.24) is 0 Å². The van der Waals surface area contributed by atoms with Crippen LogP contribution in [0.4, 0.5) is 4.39 Å². The molecule has 0 saturated carbocycles. The average Bonchev–Trinajstić information content (AvgIpc) is 3.02. The fourth-order valence-corrected chi connectivity index (χ4v) is 2.81. The molecule has 29 heavy (non-hydrogen) atoms. The van der Waals surface area contributed by atoms with E-state index in [-0.39, 0.29) is 17.7 Å². The van der Waals surface area contributed by atoms with E-state index in [1.165, 1.54) is 31.2 Å². The molecule has 0 N–H and O–H groups in total. The number of alkyl halides is 1. The van der Waals surface area contributed by atoms with Crippen molar-refractivity contribution in [3.8, 4) is 0 Å². The molecule has 3 rings (SSSR count). The average molecular weight is 402 g/mol. The van der Waals surface area contributed by atoms with E-state index < -0.39 is 42.6 Å². The van der Waals surface area contributed by atoms with Crippen LogP contribution in [0.25, 0.3) is 0 Å². The zero-order valence-electron chi connectivity index (χ0n) is 15.5. The topological polar surface area (TPSA) is 88.1 Å². The molecule has 0 radical (unpaired) electrons. The first-order valence-electron chi connectivity index (χ1n) is 8.90. The highest BCUT2D eigenvalue weighted by atomic mass is 19.1. The van der Waals surface area contributed by atoms with Gasteiger partial charge in [-0.3, -0.25) is 4.79 Å². The molecule has 7 nitrogen and oxygen atoms in total. The minimum atomic E-state index is -2.06. The lowest BCUT2D eigenvalue weighted by molar-refractivity contribution is -0.148. The molecule has 1 aliphatic rings. The van der Waals surface area contributed by atoms with E-state index in [9.17, 15) is 18.8 Å². The molecule has 0 amide bonds. The van der Waals surface area contributed by atoms with Crippen LogP contribution in [-0.2, 0) is 23.7 Å². The fourth-order valence-electron chi connectivity index (χ4n) is 2.81. The summed E-state index contributed by atoms with van der Waals surface area (Å²) in [5.41, 5.74) is 0.436. The number of carbonyl (C=O) groups is 3. The predicted octanol–water partition coefficient (Wildman–Crippen LogP) is 2.70. The summed E-state index contributed by atoms with van der Waals surface area (Å²) < 4.78 is 35.1. The molecule has 0 unspecified atom stereocenters. The van der Waals surface area contributed by atoms with Crippen molar-refractivity contribution < 1.29 is 37.7 Å². The second-order valence-electron chi connectivity index (χ2n) is 6.30. The molecule has 0 spiro atoms. The smallest absolute Gasteiger partial charge is 0.338 e. The Morgan fingerprint density at radius 3 is 1.83 bits per heavy atom. The number of ether oxygens (including phenoxy) is 4. The number of esters is 3. The van der Waals surface area contributed by atoms with Crippen molar-refractivity contribution >= 4 is 17.9 Å². The first-order valence-corrected chi connectivity index (χ1v) is 8.90. The molecule has 1 aliphatic heterocycles. The Hall–Kier alpha value is -3.26. The van der Waals surface area contributed by atoms with E-state index in [1.807, 2.05) is 0 Å². The lowest BCUT2D eigenvalue weighted by Gasteiger charge is -2.23. The van der Waals surface area contributed by atoms with E-state index in [4.69, 9.17) is 18.9 Å². The summed E-state index contributed by atoms with van der Waals surface area (Å²) >= 11 is 0. The van der Waals surface area contributed by atoms with Gasteiger partial charge in [-0.1, -0.05) is 36.4 Å². The fraction of sp³-hybridized carbons (Fsp3) is 0.286. The summed E-state index contributed by atoms with van der Waals surface area (Å²) in [6.07, 6.45) is -6.01. The summed E-state index contributed by atoms with van der Waals surface area (Å²) in [6.45, 7) is 0.821. The molecule has 2 aromatic carbocycles. The third-order valence-corrected chi connectivity index (χ3v) is 4.21. The lowest BCUT2D eigenvalue weighted by atomic mass is 10.1. The van der Waals surface area contributed by atoms with E-state index in [1.54, 1.807) is 36.4 Å². The van der Waals surface area contributed by atoms with Gasteiger partial charge in [-0.15, -0.1) is 0 Å². The van der Waals surface area contributed by atoms with Crippen LogP contribution in [0.3, 0.4) is 0 Å². The molecule has 0 aromatic heterocycles. The summed E-state index contributed by atoms with van der Waals surface area (Å²) in [7, 11) is 0. The summed E-state index contributed by atoms with van der Waals surface area (Å²) in [5.74, 6) is -2.15. The van der Waals surface area contributed by atoms with E-state index in [0.29, 0.717) is 0 Å². The van der Waals surface area contributed by atoms with Crippen molar-refractivity contribution in [3.63, 3.8) is 0 Å². The molecule has 0 bridgehead atoms. The zero-order chi connectivity index (χ0) is 20.8. The maximum atomic E-state index is 14.5.